The Labute approximate surface area is 209 Å². The molecule has 4 atom stereocenters. The third-order valence-electron chi connectivity index (χ3n) is 6.52. The Morgan fingerprint density at radius 1 is 1.20 bits per heavy atom. The van der Waals surface area contributed by atoms with E-state index in [1.165, 1.54) is 17.2 Å². The highest BCUT2D eigenvalue weighted by Gasteiger charge is 2.50. The van der Waals surface area contributed by atoms with Gasteiger partial charge in [-0.15, -0.1) is 0 Å². The molecule has 0 bridgehead atoms. The van der Waals surface area contributed by atoms with Gasteiger partial charge in [0.15, 0.2) is 38.3 Å². The van der Waals surface area contributed by atoms with Gasteiger partial charge < -0.3 is 24.4 Å². The number of ether oxygens (including phenoxy) is 3. The van der Waals surface area contributed by atoms with Crippen molar-refractivity contribution in [1.29, 1.82) is 0 Å². The second-order valence-corrected chi connectivity index (χ2v) is 15.1. The van der Waals surface area contributed by atoms with E-state index in [0.29, 0.717) is 16.9 Å². The number of hydrogen-bond donors (Lipinski definition) is 1. The molecule has 1 aromatic carbocycles. The van der Waals surface area contributed by atoms with E-state index in [-0.39, 0.29) is 22.7 Å². The third kappa shape index (κ3) is 5.30. The fraction of sp³-hybridized carbons (Fsp3) is 0.478. The first-order chi connectivity index (χ1) is 16.5. The molecule has 1 fully saturated rings. The summed E-state index contributed by atoms with van der Waals surface area (Å²) in [5.74, 6) is 0.690. The second-order valence-electron chi connectivity index (χ2n) is 9.91. The zero-order valence-corrected chi connectivity index (χ0v) is 22.2. The second kappa shape index (κ2) is 9.76. The molecule has 0 amide bonds. The molecule has 1 saturated heterocycles. The van der Waals surface area contributed by atoms with Crippen LogP contribution in [0.3, 0.4) is 0 Å². The van der Waals surface area contributed by atoms with Gasteiger partial charge in [0.2, 0.25) is 0 Å². The van der Waals surface area contributed by atoms with Crippen molar-refractivity contribution in [3.05, 3.63) is 43.0 Å². The Hall–Kier alpha value is -2.67. The van der Waals surface area contributed by atoms with E-state index in [9.17, 15) is 0 Å². The van der Waals surface area contributed by atoms with Gasteiger partial charge in [0, 0.05) is 12.2 Å². The van der Waals surface area contributed by atoms with Crippen LogP contribution in [0.15, 0.2) is 43.0 Å². The molecule has 3 aromatic rings. The van der Waals surface area contributed by atoms with Crippen molar-refractivity contribution in [3.63, 3.8) is 0 Å². The first-order valence-corrected chi connectivity index (χ1v) is 14.6. The highest BCUT2D eigenvalue weighted by Crippen LogP contribution is 2.40. The van der Waals surface area contributed by atoms with Crippen molar-refractivity contribution < 1.29 is 23.0 Å². The number of hydrogen-bond acceptors (Lipinski definition) is 9. The van der Waals surface area contributed by atoms with Gasteiger partial charge in [-0.1, -0.05) is 39.0 Å². The molecule has 35 heavy (non-hydrogen) atoms. The van der Waals surface area contributed by atoms with Crippen LogP contribution >= 0.6 is 12.2 Å². The molecule has 188 valence electrons. The SMILES string of the molecule is CC(C)(C)[Si](C)(C)OC[C@H]1O[C@@H](n2cnc3c(N)ncnc32)[C@@H](F)[C@@H]1OC(=S)Oc1ccccc1. The molecule has 1 aliphatic rings. The molecule has 2 aromatic heterocycles. The quantitative estimate of drug-likeness (QED) is 0.374. The number of rotatable bonds is 6. The van der Waals surface area contributed by atoms with Gasteiger partial charge in [-0.05, 0) is 30.3 Å². The molecule has 0 saturated carbocycles. The number of alkyl halides is 1. The number of nitrogen functional groups attached to an aromatic ring is 1. The molecular formula is C23H30FN5O4SSi. The van der Waals surface area contributed by atoms with Gasteiger partial charge in [0.05, 0.1) is 12.9 Å². The van der Waals surface area contributed by atoms with Gasteiger partial charge in [0.1, 0.15) is 23.7 Å². The summed E-state index contributed by atoms with van der Waals surface area (Å²) in [7, 11) is -2.14. The predicted molar refractivity (Wildman–Crippen MR) is 136 cm³/mol. The highest BCUT2D eigenvalue weighted by molar-refractivity contribution is 7.79. The summed E-state index contributed by atoms with van der Waals surface area (Å²) in [5, 5.41) is -0.232. The van der Waals surface area contributed by atoms with Crippen molar-refractivity contribution in [1.82, 2.24) is 19.5 Å². The van der Waals surface area contributed by atoms with Crippen LogP contribution in [-0.4, -0.2) is 58.1 Å². The Morgan fingerprint density at radius 2 is 1.91 bits per heavy atom. The van der Waals surface area contributed by atoms with Gasteiger partial charge in [-0.25, -0.2) is 19.3 Å². The Bertz CT molecular complexity index is 1190. The molecule has 0 spiro atoms. The number of aromatic nitrogens is 4. The number of fused-ring (bicyclic) bond motifs is 1. The number of para-hydroxylation sites is 1. The van der Waals surface area contributed by atoms with Crippen molar-refractivity contribution in [2.24, 2.45) is 0 Å². The molecule has 0 aliphatic carbocycles. The lowest BCUT2D eigenvalue weighted by Gasteiger charge is -2.37. The molecular weight excluding hydrogens is 489 g/mol. The number of benzene rings is 1. The van der Waals surface area contributed by atoms with Crippen molar-refractivity contribution in [3.8, 4) is 5.75 Å². The van der Waals surface area contributed by atoms with Crippen molar-refractivity contribution in [2.45, 2.75) is 63.5 Å². The average molecular weight is 520 g/mol. The molecule has 12 heteroatoms. The molecule has 0 unspecified atom stereocenters. The Balaban J connectivity index is 1.58. The minimum atomic E-state index is -2.14. The van der Waals surface area contributed by atoms with Crippen LogP contribution in [0.2, 0.25) is 18.1 Å². The summed E-state index contributed by atoms with van der Waals surface area (Å²) in [4.78, 5) is 12.4. The van der Waals surface area contributed by atoms with E-state index in [4.69, 9.17) is 36.6 Å². The number of anilines is 1. The fourth-order valence-corrected chi connectivity index (χ4v) is 4.70. The largest absolute Gasteiger partial charge is 0.447 e. The summed E-state index contributed by atoms with van der Waals surface area (Å²) >= 11 is 5.27. The summed E-state index contributed by atoms with van der Waals surface area (Å²) in [6.07, 6.45) is -1.79. The number of nitrogens with zero attached hydrogens (tertiary/aromatic N) is 4. The van der Waals surface area contributed by atoms with E-state index < -0.39 is 32.9 Å². The minimum absolute atomic E-state index is 0.0306. The zero-order valence-electron chi connectivity index (χ0n) is 20.3. The topological polar surface area (TPSA) is 107 Å². The normalized spacial score (nSPS) is 22.9. The Kier molecular flexibility index (Phi) is 7.09. The van der Waals surface area contributed by atoms with Crippen molar-refractivity contribution in [2.75, 3.05) is 12.3 Å². The van der Waals surface area contributed by atoms with E-state index >= 15 is 4.39 Å². The maximum atomic E-state index is 15.9. The molecule has 9 nitrogen and oxygen atoms in total. The van der Waals surface area contributed by atoms with Crippen LogP contribution in [-0.2, 0) is 13.9 Å². The van der Waals surface area contributed by atoms with Gasteiger partial charge in [-0.3, -0.25) is 4.57 Å². The lowest BCUT2D eigenvalue weighted by molar-refractivity contribution is -0.0431. The summed E-state index contributed by atoms with van der Waals surface area (Å²) in [5.41, 5.74) is 6.62. The standard InChI is InChI=1S/C23H30FN5O4SSi/c1-23(2,3)35(4,5)30-11-15-18(33-22(34)31-14-9-7-6-8-10-14)16(24)21(32-15)29-13-28-17-19(25)26-12-27-20(17)29/h6-10,12-13,15-16,18,21H,11H2,1-5H3,(H2,25,26,27)/t15-,16+,18-,21-/m1/s1. The van der Waals surface area contributed by atoms with Gasteiger partial charge in [-0.2, -0.15) is 0 Å². The van der Waals surface area contributed by atoms with Crippen LogP contribution in [0, 0.1) is 0 Å². The monoisotopic (exact) mass is 519 g/mol. The number of imidazole rings is 1. The summed E-state index contributed by atoms with van der Waals surface area (Å²) in [6.45, 7) is 10.8. The highest BCUT2D eigenvalue weighted by atomic mass is 32.1. The predicted octanol–water partition coefficient (Wildman–Crippen LogP) is 4.41. The number of halogens is 1. The molecule has 2 N–H and O–H groups in total. The first kappa shape index (κ1) is 25.4. The average Bonchev–Trinajstić information content (AvgIpc) is 3.35. The fourth-order valence-electron chi connectivity index (χ4n) is 3.48. The number of thiocarbonyl (C=S) groups is 1. The van der Waals surface area contributed by atoms with E-state index in [1.54, 1.807) is 24.3 Å². The van der Waals surface area contributed by atoms with E-state index in [1.807, 2.05) is 6.07 Å². The molecule has 0 radical (unpaired) electrons. The zero-order chi connectivity index (χ0) is 25.4. The van der Waals surface area contributed by atoms with Crippen LogP contribution in [0.5, 0.6) is 5.75 Å². The lowest BCUT2D eigenvalue weighted by atomic mass is 10.1. The lowest BCUT2D eigenvalue weighted by Crippen LogP contribution is -2.45. The number of nitrogens with two attached hydrogens (primary N) is 1. The molecule has 3 heterocycles. The first-order valence-electron chi connectivity index (χ1n) is 11.3. The molecule has 4 rings (SSSR count). The van der Waals surface area contributed by atoms with Crippen LogP contribution in [0.4, 0.5) is 10.2 Å². The van der Waals surface area contributed by atoms with Crippen LogP contribution in [0.1, 0.15) is 27.0 Å². The summed E-state index contributed by atoms with van der Waals surface area (Å²) in [6, 6.07) is 8.92. The van der Waals surface area contributed by atoms with Crippen LogP contribution < -0.4 is 10.5 Å². The smallest absolute Gasteiger partial charge is 0.358 e. The third-order valence-corrected chi connectivity index (χ3v) is 11.2. The van der Waals surface area contributed by atoms with Gasteiger partial charge in [0.25, 0.3) is 0 Å². The minimum Gasteiger partial charge on any atom is -0.447 e. The summed E-state index contributed by atoms with van der Waals surface area (Å²) < 4.78 is 41.3. The Morgan fingerprint density at radius 3 is 2.60 bits per heavy atom. The van der Waals surface area contributed by atoms with E-state index in [2.05, 4.69) is 48.8 Å². The van der Waals surface area contributed by atoms with Gasteiger partial charge >= 0.3 is 5.24 Å². The maximum absolute atomic E-state index is 15.9. The van der Waals surface area contributed by atoms with Crippen LogP contribution in [0.25, 0.3) is 11.2 Å². The van der Waals surface area contributed by atoms with E-state index in [0.717, 1.165) is 0 Å². The maximum Gasteiger partial charge on any atom is 0.358 e. The molecule has 1 aliphatic heterocycles. The van der Waals surface area contributed by atoms with Crippen molar-refractivity contribution >= 4 is 42.8 Å².